The van der Waals surface area contributed by atoms with Crippen LogP contribution in [0.3, 0.4) is 0 Å². The molecule has 1 saturated heterocycles. The Morgan fingerprint density at radius 2 is 1.26 bits per heavy atom. The van der Waals surface area contributed by atoms with Gasteiger partial charge in [-0.1, -0.05) is 60.7 Å². The van der Waals surface area contributed by atoms with Crippen LogP contribution in [-0.2, 0) is 56.2 Å². The molecule has 206 valence electrons. The fourth-order valence-electron chi connectivity index (χ4n) is 3.29. The van der Waals surface area contributed by atoms with E-state index in [1.54, 1.807) is 54.6 Å². The van der Waals surface area contributed by atoms with Crippen LogP contribution in [0.4, 0.5) is 4.79 Å². The lowest BCUT2D eigenvalue weighted by molar-refractivity contribution is -1.12. The van der Waals surface area contributed by atoms with E-state index >= 15 is 0 Å². The summed E-state index contributed by atoms with van der Waals surface area (Å²) in [6, 6.07) is 15.7. The molecule has 1 aliphatic heterocycles. The van der Waals surface area contributed by atoms with Crippen molar-refractivity contribution in [2.45, 2.75) is 44.9 Å². The minimum absolute atomic E-state index is 0.0241. The molecular weight excluding hydrogens is 516 g/mol. The molecule has 0 saturated carbocycles. The van der Waals surface area contributed by atoms with Crippen molar-refractivity contribution < 1.29 is 57.8 Å². The Morgan fingerprint density at radius 3 is 1.79 bits per heavy atom. The van der Waals surface area contributed by atoms with E-state index in [-0.39, 0.29) is 32.5 Å². The van der Waals surface area contributed by atoms with Crippen molar-refractivity contribution in [3.05, 3.63) is 71.8 Å². The molecular formula is C26H27N2O11+. The number of imide groups is 1. The number of hydroxylamine groups is 4. The number of rotatable bonds is 12. The molecule has 0 spiro atoms. The van der Waals surface area contributed by atoms with Gasteiger partial charge in [-0.25, -0.2) is 24.0 Å². The third-order valence-electron chi connectivity index (χ3n) is 5.43. The number of carbonyl (C=O) groups excluding carboxylic acids is 6. The minimum Gasteiger partial charge on any atom is -0.463 e. The summed E-state index contributed by atoms with van der Waals surface area (Å²) in [5.74, 6) is -5.17. The molecule has 1 aliphatic rings. The molecule has 0 aliphatic carbocycles. The van der Waals surface area contributed by atoms with E-state index in [1.165, 1.54) is 0 Å². The lowest BCUT2D eigenvalue weighted by Gasteiger charge is -2.20. The van der Waals surface area contributed by atoms with Gasteiger partial charge in [-0.15, -0.1) is 0 Å². The number of carbonyl (C=O) groups is 6. The highest BCUT2D eigenvalue weighted by Gasteiger charge is 2.56. The summed E-state index contributed by atoms with van der Waals surface area (Å²) < 4.78 is 15.1. The number of alkyl carbamates (subject to hydrolysis) is 1. The van der Waals surface area contributed by atoms with Crippen molar-refractivity contribution >= 4 is 35.8 Å². The van der Waals surface area contributed by atoms with E-state index in [0.29, 0.717) is 5.56 Å². The third kappa shape index (κ3) is 8.72. The number of amides is 3. The van der Waals surface area contributed by atoms with Crippen molar-refractivity contribution in [3.63, 3.8) is 0 Å². The first-order valence-corrected chi connectivity index (χ1v) is 11.9. The van der Waals surface area contributed by atoms with E-state index in [2.05, 4.69) is 10.2 Å². The topological polar surface area (TPSA) is 172 Å². The van der Waals surface area contributed by atoms with Crippen LogP contribution in [0.15, 0.2) is 60.7 Å². The first-order valence-electron chi connectivity index (χ1n) is 11.9. The largest absolute Gasteiger partial charge is 0.463 e. The van der Waals surface area contributed by atoms with Crippen LogP contribution in [0.2, 0.25) is 0 Å². The van der Waals surface area contributed by atoms with Gasteiger partial charge >= 0.3 is 35.8 Å². The number of esters is 2. The lowest BCUT2D eigenvalue weighted by Crippen LogP contribution is -2.55. The van der Waals surface area contributed by atoms with E-state index in [4.69, 9.17) is 14.2 Å². The van der Waals surface area contributed by atoms with Gasteiger partial charge in [0.05, 0.1) is 25.7 Å². The van der Waals surface area contributed by atoms with E-state index < -0.39 is 59.7 Å². The zero-order valence-electron chi connectivity index (χ0n) is 20.8. The summed E-state index contributed by atoms with van der Waals surface area (Å²) in [5, 5.41) is 12.3. The van der Waals surface area contributed by atoms with Gasteiger partial charge in [0.15, 0.2) is 6.04 Å². The van der Waals surface area contributed by atoms with Gasteiger partial charge in [-0.3, -0.25) is 9.59 Å². The predicted octanol–water partition coefficient (Wildman–Crippen LogP) is 1.86. The molecule has 39 heavy (non-hydrogen) atoms. The number of benzene rings is 2. The maximum atomic E-state index is 12.7. The molecule has 3 rings (SSSR count). The summed E-state index contributed by atoms with van der Waals surface area (Å²) in [6.45, 7) is -0.938. The van der Waals surface area contributed by atoms with Gasteiger partial charge in [-0.05, 0) is 11.1 Å². The summed E-state index contributed by atoms with van der Waals surface area (Å²) >= 11 is 0. The Bertz CT molecular complexity index is 1180. The Kier molecular flexibility index (Phi) is 10.2. The predicted molar refractivity (Wildman–Crippen MR) is 127 cm³/mol. The lowest BCUT2D eigenvalue weighted by atomic mass is 10.2. The van der Waals surface area contributed by atoms with Gasteiger partial charge in [0.1, 0.15) is 24.6 Å². The zero-order valence-corrected chi connectivity index (χ0v) is 20.8. The van der Waals surface area contributed by atoms with Crippen LogP contribution in [0.25, 0.3) is 0 Å². The molecule has 2 N–H and O–H groups in total. The number of nitrogens with one attached hydrogen (secondary N) is 1. The number of nitrogens with zero attached hydrogens (tertiary/aromatic N) is 1. The van der Waals surface area contributed by atoms with Gasteiger partial charge in [-0.2, -0.15) is 5.21 Å². The molecule has 3 amide bonds. The molecule has 2 aromatic rings. The van der Waals surface area contributed by atoms with Crippen molar-refractivity contribution in [1.82, 2.24) is 5.32 Å². The fourth-order valence-corrected chi connectivity index (χ4v) is 3.29. The molecule has 1 fully saturated rings. The number of hydrogen-bond donors (Lipinski definition) is 2. The smallest absolute Gasteiger partial charge is 0.408 e. The molecule has 13 nitrogen and oxygen atoms in total. The molecule has 0 bridgehead atoms. The molecule has 1 heterocycles. The fraction of sp³-hybridized carbons (Fsp3) is 0.308. The summed E-state index contributed by atoms with van der Waals surface area (Å²) in [5.41, 5.74) is 1.41. The second-order valence-corrected chi connectivity index (χ2v) is 8.36. The Morgan fingerprint density at radius 1 is 0.769 bits per heavy atom. The van der Waals surface area contributed by atoms with Gasteiger partial charge in [0.25, 0.3) is 0 Å². The van der Waals surface area contributed by atoms with Crippen molar-refractivity contribution in [1.29, 1.82) is 0 Å². The highest BCUT2D eigenvalue weighted by atomic mass is 17.0. The molecule has 0 radical (unpaired) electrons. The Labute approximate surface area is 222 Å². The zero-order chi connectivity index (χ0) is 28.3. The second kappa shape index (κ2) is 13.8. The highest BCUT2D eigenvalue weighted by Crippen LogP contribution is 2.21. The van der Waals surface area contributed by atoms with E-state index in [9.17, 15) is 34.0 Å². The average molecular weight is 544 g/mol. The maximum absolute atomic E-state index is 12.7. The van der Waals surface area contributed by atoms with Crippen molar-refractivity contribution in [3.8, 4) is 0 Å². The molecule has 0 aromatic heterocycles. The van der Waals surface area contributed by atoms with Crippen LogP contribution in [0.5, 0.6) is 0 Å². The van der Waals surface area contributed by atoms with Crippen LogP contribution in [0.1, 0.15) is 36.8 Å². The van der Waals surface area contributed by atoms with Gasteiger partial charge in [0, 0.05) is 0 Å². The van der Waals surface area contributed by atoms with E-state index in [0.717, 1.165) is 5.56 Å². The highest BCUT2D eigenvalue weighted by molar-refractivity contribution is 5.91. The van der Waals surface area contributed by atoms with Crippen LogP contribution in [0, 0.1) is 0 Å². The molecule has 13 heteroatoms. The van der Waals surface area contributed by atoms with E-state index in [1.807, 2.05) is 6.07 Å². The summed E-state index contributed by atoms with van der Waals surface area (Å²) in [7, 11) is 0. The van der Waals surface area contributed by atoms with Crippen molar-refractivity contribution in [2.24, 2.45) is 0 Å². The molecule has 1 atom stereocenters. The molecule has 0 unspecified atom stereocenters. The third-order valence-corrected chi connectivity index (χ3v) is 5.43. The van der Waals surface area contributed by atoms with Crippen molar-refractivity contribution in [2.75, 3.05) is 6.61 Å². The molecule has 2 aromatic carbocycles. The Hall–Kier alpha value is -4.62. The maximum Gasteiger partial charge on any atom is 0.408 e. The monoisotopic (exact) mass is 543 g/mol. The van der Waals surface area contributed by atoms with Crippen LogP contribution in [-0.4, -0.2) is 58.5 Å². The standard InChI is InChI=1S/C26H26N2O11/c29-21-11-12-22(30)28(21,35)39-25(33)20(27-26(34)38-16-19-9-5-2-6-10-19)17-37-24(32)14-13-23(31)36-15-18-7-3-1-4-8-18/h1-10,20,35H,11-17H2/p+1/t20-/m0/s1. The summed E-state index contributed by atoms with van der Waals surface area (Å²) in [4.78, 5) is 75.3. The quantitative estimate of drug-likeness (QED) is 0.132. The first-order chi connectivity index (χ1) is 18.7. The van der Waals surface area contributed by atoms with Gasteiger partial charge in [0.2, 0.25) is 0 Å². The number of hydrogen-bond acceptors (Lipinski definition) is 11. The SMILES string of the molecule is O=C(CCC(=O)OC[C@H](NC(=O)OCc1ccccc1)C(=O)O[N+]1(O)C(=O)CCC1=O)OCc1ccccc1. The number of quaternary nitrogens is 1. The Balaban J connectivity index is 1.53. The normalized spacial score (nSPS) is 14.7. The average Bonchev–Trinajstić information content (AvgIpc) is 3.19. The minimum atomic E-state index is -2.22. The number of ether oxygens (including phenoxy) is 3. The summed E-state index contributed by atoms with van der Waals surface area (Å²) in [6.07, 6.45) is -2.52. The van der Waals surface area contributed by atoms with Crippen LogP contribution >= 0.6 is 0 Å². The first kappa shape index (κ1) is 28.9. The van der Waals surface area contributed by atoms with Crippen LogP contribution < -0.4 is 5.32 Å². The second-order valence-electron chi connectivity index (χ2n) is 8.36. The van der Waals surface area contributed by atoms with Gasteiger partial charge < -0.3 is 19.5 Å².